The quantitative estimate of drug-likeness (QED) is 0.766. The van der Waals surface area contributed by atoms with Gasteiger partial charge in [0.25, 0.3) is 0 Å². The maximum atomic E-state index is 11.2. The Morgan fingerprint density at radius 3 is 2.05 bits per heavy atom. The molecule has 0 saturated carbocycles. The van der Waals surface area contributed by atoms with E-state index < -0.39 is 0 Å². The SMILES string of the molecule is CN(C)c1ccc(CN(C=O)c2ccccc2)cc1. The van der Waals surface area contributed by atoms with E-state index in [0.29, 0.717) is 6.54 Å². The van der Waals surface area contributed by atoms with Crippen molar-refractivity contribution >= 4 is 17.8 Å². The monoisotopic (exact) mass is 254 g/mol. The van der Waals surface area contributed by atoms with Gasteiger partial charge in [0.1, 0.15) is 0 Å². The first-order valence-electron chi connectivity index (χ1n) is 6.24. The molecular weight excluding hydrogens is 236 g/mol. The lowest BCUT2D eigenvalue weighted by molar-refractivity contribution is -0.107. The van der Waals surface area contributed by atoms with Crippen LogP contribution in [0.25, 0.3) is 0 Å². The zero-order valence-corrected chi connectivity index (χ0v) is 11.3. The molecule has 0 aliphatic rings. The smallest absolute Gasteiger partial charge is 0.214 e. The van der Waals surface area contributed by atoms with E-state index >= 15 is 0 Å². The highest BCUT2D eigenvalue weighted by Gasteiger charge is 2.05. The summed E-state index contributed by atoms with van der Waals surface area (Å²) in [4.78, 5) is 15.0. The maximum absolute atomic E-state index is 11.2. The Labute approximate surface area is 114 Å². The minimum Gasteiger partial charge on any atom is -0.378 e. The van der Waals surface area contributed by atoms with Crippen LogP contribution in [-0.4, -0.2) is 20.5 Å². The van der Waals surface area contributed by atoms with Crippen LogP contribution in [0.1, 0.15) is 5.56 Å². The van der Waals surface area contributed by atoms with E-state index in [2.05, 4.69) is 29.2 Å². The first-order valence-corrected chi connectivity index (χ1v) is 6.24. The van der Waals surface area contributed by atoms with Gasteiger partial charge in [-0.1, -0.05) is 30.3 Å². The topological polar surface area (TPSA) is 23.6 Å². The fraction of sp³-hybridized carbons (Fsp3) is 0.188. The second kappa shape index (κ2) is 6.05. The maximum Gasteiger partial charge on any atom is 0.214 e. The lowest BCUT2D eigenvalue weighted by Crippen LogP contribution is -2.20. The molecule has 0 unspecified atom stereocenters. The molecule has 0 heterocycles. The van der Waals surface area contributed by atoms with Gasteiger partial charge in [-0.3, -0.25) is 4.79 Å². The van der Waals surface area contributed by atoms with Gasteiger partial charge in [-0.2, -0.15) is 0 Å². The van der Waals surface area contributed by atoms with E-state index in [-0.39, 0.29) is 0 Å². The van der Waals surface area contributed by atoms with Crippen molar-refractivity contribution in [2.24, 2.45) is 0 Å². The summed E-state index contributed by atoms with van der Waals surface area (Å²) in [5.74, 6) is 0. The lowest BCUT2D eigenvalue weighted by atomic mass is 10.2. The molecule has 0 aliphatic heterocycles. The van der Waals surface area contributed by atoms with Crippen molar-refractivity contribution in [1.82, 2.24) is 0 Å². The molecule has 0 spiro atoms. The summed E-state index contributed by atoms with van der Waals surface area (Å²) >= 11 is 0. The van der Waals surface area contributed by atoms with Crippen molar-refractivity contribution < 1.29 is 4.79 Å². The average Bonchev–Trinajstić information content (AvgIpc) is 2.46. The highest BCUT2D eigenvalue weighted by Crippen LogP contribution is 2.17. The molecule has 0 atom stereocenters. The highest BCUT2D eigenvalue weighted by molar-refractivity contribution is 5.74. The number of hydrogen-bond acceptors (Lipinski definition) is 2. The number of amides is 1. The molecule has 2 aromatic rings. The number of hydrogen-bond donors (Lipinski definition) is 0. The Morgan fingerprint density at radius 2 is 1.53 bits per heavy atom. The molecule has 98 valence electrons. The van der Waals surface area contributed by atoms with E-state index in [4.69, 9.17) is 0 Å². The van der Waals surface area contributed by atoms with Gasteiger partial charge in [-0.25, -0.2) is 0 Å². The molecule has 3 nitrogen and oxygen atoms in total. The van der Waals surface area contributed by atoms with Gasteiger partial charge in [-0.15, -0.1) is 0 Å². The normalized spacial score (nSPS) is 10.0. The molecule has 0 N–H and O–H groups in total. The largest absolute Gasteiger partial charge is 0.378 e. The third-order valence-corrected chi connectivity index (χ3v) is 3.02. The summed E-state index contributed by atoms with van der Waals surface area (Å²) in [7, 11) is 4.02. The second-order valence-corrected chi connectivity index (χ2v) is 4.63. The summed E-state index contributed by atoms with van der Waals surface area (Å²) < 4.78 is 0. The molecule has 0 bridgehead atoms. The summed E-state index contributed by atoms with van der Waals surface area (Å²) in [6.45, 7) is 0.585. The number of carbonyl (C=O) groups excluding carboxylic acids is 1. The van der Waals surface area contributed by atoms with Crippen molar-refractivity contribution in [3.05, 3.63) is 60.2 Å². The first-order chi connectivity index (χ1) is 9.20. The Hall–Kier alpha value is -2.29. The van der Waals surface area contributed by atoms with Gasteiger partial charge in [0.15, 0.2) is 0 Å². The molecule has 0 aromatic heterocycles. The first kappa shape index (κ1) is 13.1. The Kier molecular flexibility index (Phi) is 4.18. The van der Waals surface area contributed by atoms with E-state index in [0.717, 1.165) is 23.3 Å². The van der Waals surface area contributed by atoms with Gasteiger partial charge >= 0.3 is 0 Å². The molecular formula is C16H18N2O. The molecule has 0 saturated heterocycles. The number of benzene rings is 2. The summed E-state index contributed by atoms with van der Waals surface area (Å²) in [5.41, 5.74) is 3.18. The van der Waals surface area contributed by atoms with Crippen LogP contribution < -0.4 is 9.80 Å². The Morgan fingerprint density at radius 1 is 0.895 bits per heavy atom. The number of para-hydroxylation sites is 1. The van der Waals surface area contributed by atoms with Crippen molar-refractivity contribution in [2.45, 2.75) is 6.54 Å². The standard InChI is InChI=1S/C16H18N2O/c1-17(2)15-10-8-14(9-11-15)12-18(13-19)16-6-4-3-5-7-16/h3-11,13H,12H2,1-2H3. The zero-order valence-electron chi connectivity index (χ0n) is 11.3. The van der Waals surface area contributed by atoms with Crippen LogP contribution in [0.4, 0.5) is 11.4 Å². The van der Waals surface area contributed by atoms with Crippen LogP contribution in [0.5, 0.6) is 0 Å². The van der Waals surface area contributed by atoms with E-state index in [1.165, 1.54) is 0 Å². The van der Waals surface area contributed by atoms with Gasteiger partial charge in [-0.05, 0) is 29.8 Å². The van der Waals surface area contributed by atoms with Crippen molar-refractivity contribution in [3.63, 3.8) is 0 Å². The fourth-order valence-corrected chi connectivity index (χ4v) is 1.91. The molecule has 0 fully saturated rings. The molecule has 1 amide bonds. The van der Waals surface area contributed by atoms with Crippen LogP contribution in [0.15, 0.2) is 54.6 Å². The lowest BCUT2D eigenvalue weighted by Gasteiger charge is -2.18. The third-order valence-electron chi connectivity index (χ3n) is 3.02. The predicted octanol–water partition coefficient (Wildman–Crippen LogP) is 2.92. The molecule has 0 aliphatic carbocycles. The minimum absolute atomic E-state index is 0.585. The van der Waals surface area contributed by atoms with Crippen LogP contribution in [-0.2, 0) is 11.3 Å². The Balaban J connectivity index is 2.13. The second-order valence-electron chi connectivity index (χ2n) is 4.63. The predicted molar refractivity (Wildman–Crippen MR) is 79.5 cm³/mol. The molecule has 2 rings (SSSR count). The molecule has 0 radical (unpaired) electrons. The van der Waals surface area contributed by atoms with Gasteiger partial charge in [0.05, 0.1) is 6.54 Å². The number of rotatable bonds is 5. The van der Waals surface area contributed by atoms with Gasteiger partial charge in [0, 0.05) is 25.5 Å². The van der Waals surface area contributed by atoms with Crippen molar-refractivity contribution in [1.29, 1.82) is 0 Å². The van der Waals surface area contributed by atoms with Crippen LogP contribution in [0, 0.1) is 0 Å². The van der Waals surface area contributed by atoms with E-state index in [1.807, 2.05) is 44.4 Å². The molecule has 19 heavy (non-hydrogen) atoms. The third kappa shape index (κ3) is 3.35. The minimum atomic E-state index is 0.585. The highest BCUT2D eigenvalue weighted by atomic mass is 16.1. The Bertz CT molecular complexity index is 520. The molecule has 3 heteroatoms. The van der Waals surface area contributed by atoms with Crippen molar-refractivity contribution in [3.8, 4) is 0 Å². The number of nitrogens with zero attached hydrogens (tertiary/aromatic N) is 2. The fourth-order valence-electron chi connectivity index (χ4n) is 1.91. The summed E-state index contributed by atoms with van der Waals surface area (Å²) in [5, 5.41) is 0. The van der Waals surface area contributed by atoms with Crippen LogP contribution in [0.2, 0.25) is 0 Å². The van der Waals surface area contributed by atoms with E-state index in [9.17, 15) is 4.79 Å². The van der Waals surface area contributed by atoms with Crippen LogP contribution >= 0.6 is 0 Å². The summed E-state index contributed by atoms with van der Waals surface area (Å²) in [6, 6.07) is 17.9. The molecule has 2 aromatic carbocycles. The van der Waals surface area contributed by atoms with E-state index in [1.54, 1.807) is 4.90 Å². The zero-order chi connectivity index (χ0) is 13.7. The van der Waals surface area contributed by atoms with Crippen LogP contribution in [0.3, 0.4) is 0 Å². The summed E-state index contributed by atoms with van der Waals surface area (Å²) in [6.07, 6.45) is 0.870. The number of anilines is 2. The van der Waals surface area contributed by atoms with Crippen molar-refractivity contribution in [2.75, 3.05) is 23.9 Å². The number of carbonyl (C=O) groups is 1. The van der Waals surface area contributed by atoms with Gasteiger partial charge < -0.3 is 9.80 Å². The van der Waals surface area contributed by atoms with Gasteiger partial charge in [0.2, 0.25) is 6.41 Å². The average molecular weight is 254 g/mol.